The van der Waals surface area contributed by atoms with Gasteiger partial charge in [-0.05, 0) is 42.0 Å². The molecule has 27 heavy (non-hydrogen) atoms. The molecule has 0 aliphatic carbocycles. The normalized spacial score (nSPS) is 13.5. The van der Waals surface area contributed by atoms with E-state index in [0.29, 0.717) is 30.9 Å². The van der Waals surface area contributed by atoms with E-state index >= 15 is 0 Å². The van der Waals surface area contributed by atoms with Crippen molar-refractivity contribution >= 4 is 17.7 Å². The Labute approximate surface area is 155 Å². The van der Waals surface area contributed by atoms with Crippen LogP contribution < -0.4 is 5.32 Å². The monoisotopic (exact) mass is 363 g/mol. The number of hydrogen-bond donors (Lipinski definition) is 1. The minimum atomic E-state index is -0.290. The Bertz CT molecular complexity index is 936. The lowest BCUT2D eigenvalue weighted by atomic mass is 10.1. The Morgan fingerprint density at radius 2 is 1.89 bits per heavy atom. The van der Waals surface area contributed by atoms with Gasteiger partial charge in [0.2, 0.25) is 0 Å². The number of carbonyl (C=O) groups excluding carboxylic acids is 2. The van der Waals surface area contributed by atoms with Crippen molar-refractivity contribution in [3.63, 3.8) is 0 Å². The second kappa shape index (κ2) is 7.28. The molecular formula is C19H17N5O3. The Balaban J connectivity index is 1.38. The second-order valence-electron chi connectivity index (χ2n) is 6.07. The lowest BCUT2D eigenvalue weighted by Crippen LogP contribution is -2.23. The first-order valence-corrected chi connectivity index (χ1v) is 8.46. The zero-order valence-corrected chi connectivity index (χ0v) is 14.4. The van der Waals surface area contributed by atoms with Gasteiger partial charge in [-0.15, -0.1) is 0 Å². The van der Waals surface area contributed by atoms with Crippen molar-refractivity contribution < 1.29 is 14.3 Å². The van der Waals surface area contributed by atoms with E-state index in [1.807, 2.05) is 36.4 Å². The number of aromatic nitrogens is 3. The smallest absolute Gasteiger partial charge is 0.410 e. The van der Waals surface area contributed by atoms with Gasteiger partial charge in [-0.2, -0.15) is 5.10 Å². The summed E-state index contributed by atoms with van der Waals surface area (Å²) in [6.07, 6.45) is 2.76. The van der Waals surface area contributed by atoms with Crippen LogP contribution >= 0.6 is 0 Å². The molecule has 1 aromatic heterocycles. The Morgan fingerprint density at radius 1 is 1.11 bits per heavy atom. The molecule has 1 aliphatic heterocycles. The molecule has 2 aromatic carbocycles. The molecule has 0 atom stereocenters. The summed E-state index contributed by atoms with van der Waals surface area (Å²) in [7, 11) is 0. The van der Waals surface area contributed by atoms with E-state index in [1.54, 1.807) is 28.0 Å². The summed E-state index contributed by atoms with van der Waals surface area (Å²) in [6, 6.07) is 14.5. The van der Waals surface area contributed by atoms with Crippen molar-refractivity contribution in [2.24, 2.45) is 0 Å². The molecule has 0 unspecified atom stereocenters. The standard InChI is InChI=1S/C19H17N5O3/c25-18(15-3-7-17(8-4-15)24-13-20-12-21-24)22-16-5-1-14(2-6-16)11-23-9-10-27-19(23)26/h1-8,12-13H,9-11H2,(H,22,25). The van der Waals surface area contributed by atoms with Crippen LogP contribution in [-0.2, 0) is 11.3 Å². The maximum absolute atomic E-state index is 12.4. The lowest BCUT2D eigenvalue weighted by molar-refractivity contribution is 0.102. The molecule has 136 valence electrons. The van der Waals surface area contributed by atoms with Gasteiger partial charge in [0.05, 0.1) is 12.2 Å². The summed E-state index contributed by atoms with van der Waals surface area (Å²) >= 11 is 0. The fraction of sp³-hybridized carbons (Fsp3) is 0.158. The summed E-state index contributed by atoms with van der Waals surface area (Å²) in [5, 5.41) is 6.91. The molecule has 3 aromatic rings. The molecule has 8 heteroatoms. The van der Waals surface area contributed by atoms with E-state index < -0.39 is 0 Å². The Kier molecular flexibility index (Phi) is 4.52. The Hall–Kier alpha value is -3.68. The molecule has 2 amide bonds. The van der Waals surface area contributed by atoms with Gasteiger partial charge >= 0.3 is 6.09 Å². The van der Waals surface area contributed by atoms with Gasteiger partial charge in [0.15, 0.2) is 0 Å². The van der Waals surface area contributed by atoms with Crippen molar-refractivity contribution in [1.82, 2.24) is 19.7 Å². The van der Waals surface area contributed by atoms with Gasteiger partial charge in [0, 0.05) is 17.8 Å². The fourth-order valence-electron chi connectivity index (χ4n) is 2.79. The maximum atomic E-state index is 12.4. The number of benzene rings is 2. The van der Waals surface area contributed by atoms with E-state index in [2.05, 4.69) is 15.4 Å². The summed E-state index contributed by atoms with van der Waals surface area (Å²) < 4.78 is 6.54. The number of ether oxygens (including phenoxy) is 1. The van der Waals surface area contributed by atoms with E-state index in [9.17, 15) is 9.59 Å². The minimum Gasteiger partial charge on any atom is -0.448 e. The quantitative estimate of drug-likeness (QED) is 0.752. The SMILES string of the molecule is O=C(Nc1ccc(CN2CCOC2=O)cc1)c1ccc(-n2cncn2)cc1. The van der Waals surface area contributed by atoms with Gasteiger partial charge in [0.1, 0.15) is 19.3 Å². The molecule has 1 N–H and O–H groups in total. The molecule has 1 aliphatic rings. The van der Waals surface area contributed by atoms with Crippen LogP contribution in [0, 0.1) is 0 Å². The number of nitrogens with zero attached hydrogens (tertiary/aromatic N) is 4. The summed E-state index contributed by atoms with van der Waals surface area (Å²) in [4.78, 5) is 29.4. The summed E-state index contributed by atoms with van der Waals surface area (Å²) in [5.74, 6) is -0.198. The fourth-order valence-corrected chi connectivity index (χ4v) is 2.79. The number of nitrogens with one attached hydrogen (secondary N) is 1. The first kappa shape index (κ1) is 16.8. The Morgan fingerprint density at radius 3 is 2.52 bits per heavy atom. The predicted octanol–water partition coefficient (Wildman–Crippen LogP) is 2.47. The number of carbonyl (C=O) groups is 2. The molecule has 0 bridgehead atoms. The highest BCUT2D eigenvalue weighted by atomic mass is 16.6. The van der Waals surface area contributed by atoms with E-state index in [1.165, 1.54) is 6.33 Å². The molecule has 1 saturated heterocycles. The third-order valence-electron chi connectivity index (χ3n) is 4.24. The highest BCUT2D eigenvalue weighted by Crippen LogP contribution is 2.15. The summed E-state index contributed by atoms with van der Waals surface area (Å²) in [5.41, 5.74) is 3.04. The lowest BCUT2D eigenvalue weighted by Gasteiger charge is -2.13. The van der Waals surface area contributed by atoms with Crippen LogP contribution in [-0.4, -0.2) is 44.8 Å². The van der Waals surface area contributed by atoms with Crippen LogP contribution in [0.5, 0.6) is 0 Å². The molecule has 2 heterocycles. The zero-order chi connectivity index (χ0) is 18.6. The third kappa shape index (κ3) is 3.79. The number of hydrogen-bond acceptors (Lipinski definition) is 5. The van der Waals surface area contributed by atoms with Crippen LogP contribution in [0.4, 0.5) is 10.5 Å². The van der Waals surface area contributed by atoms with Crippen LogP contribution in [0.2, 0.25) is 0 Å². The van der Waals surface area contributed by atoms with Gasteiger partial charge in [0.25, 0.3) is 5.91 Å². The van der Waals surface area contributed by atoms with E-state index in [-0.39, 0.29) is 12.0 Å². The third-order valence-corrected chi connectivity index (χ3v) is 4.24. The molecule has 8 nitrogen and oxygen atoms in total. The van der Waals surface area contributed by atoms with Gasteiger partial charge < -0.3 is 15.0 Å². The molecule has 0 spiro atoms. The van der Waals surface area contributed by atoms with Gasteiger partial charge in [-0.3, -0.25) is 4.79 Å². The molecule has 0 saturated carbocycles. The number of cyclic esters (lactones) is 1. The van der Waals surface area contributed by atoms with E-state index in [4.69, 9.17) is 4.74 Å². The first-order valence-electron chi connectivity index (χ1n) is 8.46. The molecular weight excluding hydrogens is 346 g/mol. The van der Waals surface area contributed by atoms with Crippen molar-refractivity contribution in [3.05, 3.63) is 72.3 Å². The minimum absolute atomic E-state index is 0.198. The zero-order valence-electron chi connectivity index (χ0n) is 14.4. The molecule has 1 fully saturated rings. The topological polar surface area (TPSA) is 89.4 Å². The highest BCUT2D eigenvalue weighted by molar-refractivity contribution is 6.04. The highest BCUT2D eigenvalue weighted by Gasteiger charge is 2.21. The predicted molar refractivity (Wildman–Crippen MR) is 97.5 cm³/mol. The average Bonchev–Trinajstić information content (AvgIpc) is 3.36. The first-order chi connectivity index (χ1) is 13.2. The number of amides is 2. The summed E-state index contributed by atoms with van der Waals surface area (Å²) in [6.45, 7) is 1.53. The van der Waals surface area contributed by atoms with Gasteiger partial charge in [-0.25, -0.2) is 14.5 Å². The van der Waals surface area contributed by atoms with Crippen molar-refractivity contribution in [3.8, 4) is 5.69 Å². The average molecular weight is 363 g/mol. The number of rotatable bonds is 5. The van der Waals surface area contributed by atoms with Crippen molar-refractivity contribution in [1.29, 1.82) is 0 Å². The second-order valence-corrected chi connectivity index (χ2v) is 6.07. The molecule has 4 rings (SSSR count). The maximum Gasteiger partial charge on any atom is 0.410 e. The van der Waals surface area contributed by atoms with Crippen LogP contribution in [0.15, 0.2) is 61.2 Å². The van der Waals surface area contributed by atoms with Crippen molar-refractivity contribution in [2.45, 2.75) is 6.54 Å². The van der Waals surface area contributed by atoms with Crippen LogP contribution in [0.1, 0.15) is 15.9 Å². The van der Waals surface area contributed by atoms with Crippen molar-refractivity contribution in [2.75, 3.05) is 18.5 Å². The largest absolute Gasteiger partial charge is 0.448 e. The van der Waals surface area contributed by atoms with Gasteiger partial charge in [-0.1, -0.05) is 12.1 Å². The van der Waals surface area contributed by atoms with Crippen LogP contribution in [0.25, 0.3) is 5.69 Å². The number of anilines is 1. The van der Waals surface area contributed by atoms with E-state index in [0.717, 1.165) is 11.3 Å². The molecule has 0 radical (unpaired) electrons. The van der Waals surface area contributed by atoms with Crippen LogP contribution in [0.3, 0.4) is 0 Å².